The minimum atomic E-state index is -0.0316. The minimum Gasteiger partial charge on any atom is -0.377 e. The fraction of sp³-hybridized carbons (Fsp3) is 0.474. The molecule has 1 aromatic carbocycles. The number of anilines is 1. The highest BCUT2D eigenvalue weighted by molar-refractivity contribution is 5.89. The zero-order chi connectivity index (χ0) is 17.8. The van der Waals surface area contributed by atoms with E-state index in [9.17, 15) is 4.79 Å². The number of rotatable bonds is 5. The van der Waals surface area contributed by atoms with Crippen LogP contribution in [0.25, 0.3) is 0 Å². The summed E-state index contributed by atoms with van der Waals surface area (Å²) in [5.74, 6) is 0.495. The largest absolute Gasteiger partial charge is 0.377 e. The van der Waals surface area contributed by atoms with Gasteiger partial charge in [-0.1, -0.05) is 12.1 Å². The zero-order valence-electron chi connectivity index (χ0n) is 15.1. The van der Waals surface area contributed by atoms with Crippen LogP contribution in [-0.2, 0) is 18.2 Å². The van der Waals surface area contributed by atoms with E-state index in [1.54, 1.807) is 7.11 Å². The number of amides is 2. The molecule has 1 aliphatic heterocycles. The molecule has 6 nitrogen and oxygen atoms in total. The Bertz CT molecular complexity index is 728. The van der Waals surface area contributed by atoms with E-state index < -0.39 is 0 Å². The number of hydrogen-bond acceptors (Lipinski definition) is 3. The van der Waals surface area contributed by atoms with Crippen LogP contribution in [0.15, 0.2) is 36.7 Å². The number of nitrogens with zero attached hydrogens (tertiary/aromatic N) is 3. The summed E-state index contributed by atoms with van der Waals surface area (Å²) in [7, 11) is 3.61. The second kappa shape index (κ2) is 7.70. The van der Waals surface area contributed by atoms with Crippen LogP contribution >= 0.6 is 0 Å². The Morgan fingerprint density at radius 3 is 3.04 bits per heavy atom. The first kappa shape index (κ1) is 17.5. The van der Waals surface area contributed by atoms with Crippen molar-refractivity contribution < 1.29 is 9.53 Å². The number of carbonyl (C=O) groups excluding carboxylic acids is 1. The average molecular weight is 342 g/mol. The van der Waals surface area contributed by atoms with Gasteiger partial charge in [0.25, 0.3) is 0 Å². The van der Waals surface area contributed by atoms with Gasteiger partial charge in [0.1, 0.15) is 0 Å². The Balaban J connectivity index is 1.55. The lowest BCUT2D eigenvalue weighted by Gasteiger charge is -2.18. The van der Waals surface area contributed by atoms with Gasteiger partial charge in [0, 0.05) is 39.1 Å². The van der Waals surface area contributed by atoms with Crippen molar-refractivity contribution in [2.24, 2.45) is 13.0 Å². The summed E-state index contributed by atoms with van der Waals surface area (Å²) < 4.78 is 7.16. The molecule has 1 saturated heterocycles. The molecule has 2 amide bonds. The third-order valence-electron chi connectivity index (χ3n) is 4.82. The van der Waals surface area contributed by atoms with Gasteiger partial charge in [-0.2, -0.15) is 5.10 Å². The number of urea groups is 1. The van der Waals surface area contributed by atoms with Crippen molar-refractivity contribution in [2.75, 3.05) is 25.5 Å². The van der Waals surface area contributed by atoms with Crippen LogP contribution in [0.4, 0.5) is 10.5 Å². The molecule has 2 heterocycles. The maximum atomic E-state index is 12.5. The topological polar surface area (TPSA) is 59.4 Å². The van der Waals surface area contributed by atoms with Crippen molar-refractivity contribution in [1.82, 2.24) is 14.7 Å². The zero-order valence-corrected chi connectivity index (χ0v) is 15.1. The van der Waals surface area contributed by atoms with Gasteiger partial charge >= 0.3 is 6.03 Å². The van der Waals surface area contributed by atoms with Gasteiger partial charge in [-0.05, 0) is 48.9 Å². The van der Waals surface area contributed by atoms with Crippen LogP contribution in [-0.4, -0.2) is 40.9 Å². The summed E-state index contributed by atoms with van der Waals surface area (Å²) in [5.41, 5.74) is 3.09. The molecule has 25 heavy (non-hydrogen) atoms. The summed E-state index contributed by atoms with van der Waals surface area (Å²) in [4.78, 5) is 14.4. The van der Waals surface area contributed by atoms with E-state index in [1.165, 1.54) is 5.56 Å². The van der Waals surface area contributed by atoms with Crippen LogP contribution < -0.4 is 5.32 Å². The van der Waals surface area contributed by atoms with Crippen molar-refractivity contribution in [3.05, 3.63) is 47.8 Å². The molecule has 6 heteroatoms. The third-order valence-corrected chi connectivity index (χ3v) is 4.82. The summed E-state index contributed by atoms with van der Waals surface area (Å²) >= 11 is 0. The molecular formula is C19H26N4O2. The van der Waals surface area contributed by atoms with Crippen LogP contribution in [0.2, 0.25) is 0 Å². The van der Waals surface area contributed by atoms with E-state index in [2.05, 4.69) is 10.4 Å². The lowest BCUT2D eigenvalue weighted by Crippen LogP contribution is -2.33. The average Bonchev–Trinajstić information content (AvgIpc) is 3.24. The van der Waals surface area contributed by atoms with Crippen molar-refractivity contribution in [2.45, 2.75) is 25.9 Å². The SMILES string of the molecule is CO[C@H](C)c1cccc(NC(=O)N2CC[C@H](Cc3cnn(C)c3)C2)c1. The molecule has 1 aliphatic rings. The first-order chi connectivity index (χ1) is 12.0. The molecule has 1 fully saturated rings. The number of likely N-dealkylation sites (tertiary alicyclic amines) is 1. The second-order valence-electron chi connectivity index (χ2n) is 6.76. The molecule has 3 rings (SSSR count). The molecule has 0 radical (unpaired) electrons. The second-order valence-corrected chi connectivity index (χ2v) is 6.76. The van der Waals surface area contributed by atoms with E-state index in [4.69, 9.17) is 4.74 Å². The number of carbonyl (C=O) groups is 1. The molecule has 2 aromatic rings. The Hall–Kier alpha value is -2.34. The highest BCUT2D eigenvalue weighted by Gasteiger charge is 2.26. The lowest BCUT2D eigenvalue weighted by atomic mass is 10.0. The Morgan fingerprint density at radius 1 is 1.48 bits per heavy atom. The van der Waals surface area contributed by atoms with Crippen LogP contribution in [0.3, 0.4) is 0 Å². The van der Waals surface area contributed by atoms with Crippen LogP contribution in [0, 0.1) is 5.92 Å². The number of nitrogens with one attached hydrogen (secondary N) is 1. The molecule has 0 saturated carbocycles. The maximum absolute atomic E-state index is 12.5. The molecule has 0 bridgehead atoms. The fourth-order valence-corrected chi connectivity index (χ4v) is 3.30. The molecule has 0 spiro atoms. The highest BCUT2D eigenvalue weighted by Crippen LogP contribution is 2.23. The van der Waals surface area contributed by atoms with Crippen molar-refractivity contribution in [3.8, 4) is 0 Å². The van der Waals surface area contributed by atoms with Gasteiger partial charge in [0.2, 0.25) is 0 Å². The quantitative estimate of drug-likeness (QED) is 0.907. The molecule has 0 aliphatic carbocycles. The number of hydrogen-bond donors (Lipinski definition) is 1. The number of benzene rings is 1. The number of aromatic nitrogens is 2. The van der Waals surface area contributed by atoms with Gasteiger partial charge in [0.15, 0.2) is 0 Å². The minimum absolute atomic E-state index is 0.00695. The highest BCUT2D eigenvalue weighted by atomic mass is 16.5. The maximum Gasteiger partial charge on any atom is 0.321 e. The summed E-state index contributed by atoms with van der Waals surface area (Å²) in [6.07, 6.45) is 5.96. The number of aryl methyl sites for hydroxylation is 1. The number of ether oxygens (including phenoxy) is 1. The van der Waals surface area contributed by atoms with Gasteiger partial charge < -0.3 is 15.0 Å². The van der Waals surface area contributed by atoms with Gasteiger partial charge in [0.05, 0.1) is 12.3 Å². The monoisotopic (exact) mass is 342 g/mol. The van der Waals surface area contributed by atoms with Crippen LogP contribution in [0.1, 0.15) is 30.6 Å². The molecular weight excluding hydrogens is 316 g/mol. The van der Waals surface area contributed by atoms with Crippen molar-refractivity contribution in [1.29, 1.82) is 0 Å². The first-order valence-corrected chi connectivity index (χ1v) is 8.71. The van der Waals surface area contributed by atoms with Gasteiger partial charge in [-0.15, -0.1) is 0 Å². The van der Waals surface area contributed by atoms with Gasteiger partial charge in [-0.3, -0.25) is 4.68 Å². The van der Waals surface area contributed by atoms with E-state index in [0.29, 0.717) is 5.92 Å². The Kier molecular flexibility index (Phi) is 5.38. The molecule has 2 atom stereocenters. The molecule has 1 N–H and O–H groups in total. The van der Waals surface area contributed by atoms with E-state index in [1.807, 2.05) is 60.2 Å². The first-order valence-electron chi connectivity index (χ1n) is 8.71. The Morgan fingerprint density at radius 2 is 2.32 bits per heavy atom. The Labute approximate surface area is 148 Å². The standard InChI is InChI=1S/C19H26N4O2/c1-14(25-3)17-5-4-6-18(10-17)21-19(24)23-8-7-15(13-23)9-16-11-20-22(2)12-16/h4-6,10-12,14-15H,7-9,13H2,1-3H3,(H,21,24)/t14-,15-/m1/s1. The number of methoxy groups -OCH3 is 1. The molecule has 134 valence electrons. The van der Waals surface area contributed by atoms with Crippen LogP contribution in [0.5, 0.6) is 0 Å². The van der Waals surface area contributed by atoms with Gasteiger partial charge in [-0.25, -0.2) is 4.79 Å². The molecule has 1 aromatic heterocycles. The molecule has 0 unspecified atom stereocenters. The summed E-state index contributed by atoms with van der Waals surface area (Å²) in [6, 6.07) is 7.79. The summed E-state index contributed by atoms with van der Waals surface area (Å²) in [5, 5.41) is 7.22. The van der Waals surface area contributed by atoms with E-state index in [0.717, 1.165) is 37.2 Å². The van der Waals surface area contributed by atoms with Crippen molar-refractivity contribution >= 4 is 11.7 Å². The third kappa shape index (κ3) is 4.39. The van der Waals surface area contributed by atoms with E-state index >= 15 is 0 Å². The van der Waals surface area contributed by atoms with E-state index in [-0.39, 0.29) is 12.1 Å². The van der Waals surface area contributed by atoms with Crippen molar-refractivity contribution in [3.63, 3.8) is 0 Å². The smallest absolute Gasteiger partial charge is 0.321 e. The fourth-order valence-electron chi connectivity index (χ4n) is 3.30. The normalized spacial score (nSPS) is 18.4. The lowest BCUT2D eigenvalue weighted by molar-refractivity contribution is 0.119. The predicted molar refractivity (Wildman–Crippen MR) is 97.5 cm³/mol. The predicted octanol–water partition coefficient (Wildman–Crippen LogP) is 3.22. The summed E-state index contributed by atoms with van der Waals surface area (Å²) in [6.45, 7) is 3.57.